The van der Waals surface area contributed by atoms with Gasteiger partial charge in [-0.3, -0.25) is 4.99 Å². The fourth-order valence-electron chi connectivity index (χ4n) is 3.13. The van der Waals surface area contributed by atoms with Crippen LogP contribution >= 0.6 is 24.0 Å². The third kappa shape index (κ3) is 8.31. The Bertz CT molecular complexity index is 352. The smallest absolute Gasteiger partial charge is 0.191 e. The van der Waals surface area contributed by atoms with Crippen LogP contribution in [0, 0.1) is 11.8 Å². The minimum absolute atomic E-state index is 0. The predicted octanol–water partition coefficient (Wildman–Crippen LogP) is 1.76. The molecule has 0 bridgehead atoms. The van der Waals surface area contributed by atoms with Crippen LogP contribution in [0.1, 0.15) is 39.0 Å². The molecule has 2 aliphatic rings. The fourth-order valence-corrected chi connectivity index (χ4v) is 3.13. The molecule has 0 radical (unpaired) electrons. The maximum Gasteiger partial charge on any atom is 0.191 e. The van der Waals surface area contributed by atoms with Crippen molar-refractivity contribution in [1.82, 2.24) is 10.6 Å². The van der Waals surface area contributed by atoms with Crippen molar-refractivity contribution >= 4 is 29.9 Å². The van der Waals surface area contributed by atoms with Crippen LogP contribution < -0.4 is 10.6 Å². The van der Waals surface area contributed by atoms with Gasteiger partial charge >= 0.3 is 0 Å². The first-order valence-electron chi connectivity index (χ1n) is 9.15. The van der Waals surface area contributed by atoms with E-state index in [0.29, 0.717) is 18.4 Å². The molecule has 1 saturated heterocycles. The number of ether oxygens (including phenoxy) is 2. The van der Waals surface area contributed by atoms with Crippen LogP contribution in [-0.4, -0.2) is 63.2 Å². The zero-order valence-corrected chi connectivity index (χ0v) is 17.2. The van der Waals surface area contributed by atoms with Crippen molar-refractivity contribution in [2.24, 2.45) is 16.8 Å². The molecule has 24 heavy (non-hydrogen) atoms. The van der Waals surface area contributed by atoms with Crippen molar-refractivity contribution in [2.45, 2.75) is 45.1 Å². The predicted molar refractivity (Wildman–Crippen MR) is 107 cm³/mol. The van der Waals surface area contributed by atoms with E-state index in [1.54, 1.807) is 0 Å². The van der Waals surface area contributed by atoms with Gasteiger partial charge in [0.15, 0.2) is 5.96 Å². The van der Waals surface area contributed by atoms with Crippen molar-refractivity contribution < 1.29 is 14.6 Å². The zero-order chi connectivity index (χ0) is 16.3. The van der Waals surface area contributed by atoms with E-state index in [4.69, 9.17) is 9.47 Å². The molecule has 3 unspecified atom stereocenters. The molecule has 2 rings (SSSR count). The number of aliphatic hydroxyl groups excluding tert-OH is 1. The SMILES string of the molecule is CCNC(=NCC1CCCC1O)NCCCOCC1CCOC1.I. The summed E-state index contributed by atoms with van der Waals surface area (Å²) in [6, 6.07) is 0. The number of aliphatic hydroxyl groups is 1. The normalized spacial score (nSPS) is 27.1. The first-order valence-corrected chi connectivity index (χ1v) is 9.15. The molecule has 1 aliphatic carbocycles. The molecule has 7 heteroatoms. The second-order valence-electron chi connectivity index (χ2n) is 6.56. The van der Waals surface area contributed by atoms with E-state index in [2.05, 4.69) is 22.5 Å². The number of rotatable bonds is 9. The van der Waals surface area contributed by atoms with Crippen molar-refractivity contribution in [3.05, 3.63) is 0 Å². The lowest BCUT2D eigenvalue weighted by Gasteiger charge is -2.15. The zero-order valence-electron chi connectivity index (χ0n) is 14.8. The largest absolute Gasteiger partial charge is 0.393 e. The molecule has 0 aromatic rings. The molecule has 6 nitrogen and oxygen atoms in total. The van der Waals surface area contributed by atoms with Gasteiger partial charge < -0.3 is 25.2 Å². The molecule has 1 heterocycles. The van der Waals surface area contributed by atoms with Gasteiger partial charge in [0, 0.05) is 44.7 Å². The van der Waals surface area contributed by atoms with Gasteiger partial charge in [0.2, 0.25) is 0 Å². The van der Waals surface area contributed by atoms with Crippen LogP contribution in [0.15, 0.2) is 4.99 Å². The van der Waals surface area contributed by atoms with E-state index in [-0.39, 0.29) is 30.1 Å². The van der Waals surface area contributed by atoms with Gasteiger partial charge in [-0.25, -0.2) is 0 Å². The highest BCUT2D eigenvalue weighted by Gasteiger charge is 2.24. The van der Waals surface area contributed by atoms with Crippen LogP contribution in [0.25, 0.3) is 0 Å². The Balaban J connectivity index is 0.00000288. The van der Waals surface area contributed by atoms with E-state index in [1.807, 2.05) is 0 Å². The highest BCUT2D eigenvalue weighted by molar-refractivity contribution is 14.0. The van der Waals surface area contributed by atoms with E-state index in [0.717, 1.165) is 77.6 Å². The molecule has 2 fully saturated rings. The Morgan fingerprint density at radius 2 is 2.17 bits per heavy atom. The molecule has 1 saturated carbocycles. The summed E-state index contributed by atoms with van der Waals surface area (Å²) in [5.41, 5.74) is 0. The van der Waals surface area contributed by atoms with Crippen LogP contribution in [0.3, 0.4) is 0 Å². The van der Waals surface area contributed by atoms with E-state index in [9.17, 15) is 5.11 Å². The third-order valence-electron chi connectivity index (χ3n) is 4.58. The number of nitrogens with one attached hydrogen (secondary N) is 2. The van der Waals surface area contributed by atoms with Crippen LogP contribution in [-0.2, 0) is 9.47 Å². The summed E-state index contributed by atoms with van der Waals surface area (Å²) in [4.78, 5) is 4.60. The maximum atomic E-state index is 9.86. The number of hydrogen-bond acceptors (Lipinski definition) is 4. The van der Waals surface area contributed by atoms with Gasteiger partial charge in [-0.2, -0.15) is 0 Å². The first-order chi connectivity index (χ1) is 11.3. The molecule has 3 atom stereocenters. The maximum absolute atomic E-state index is 9.86. The molecule has 1 aliphatic heterocycles. The van der Waals surface area contributed by atoms with Crippen molar-refractivity contribution in [2.75, 3.05) is 46.1 Å². The van der Waals surface area contributed by atoms with E-state index < -0.39 is 0 Å². The molecule has 3 N–H and O–H groups in total. The molecule has 0 amide bonds. The Morgan fingerprint density at radius 3 is 2.83 bits per heavy atom. The quantitative estimate of drug-likeness (QED) is 0.214. The molecule has 0 spiro atoms. The van der Waals surface area contributed by atoms with Gasteiger partial charge in [-0.05, 0) is 32.6 Å². The van der Waals surface area contributed by atoms with Gasteiger partial charge in [0.05, 0.1) is 19.3 Å². The number of aliphatic imine (C=N–C) groups is 1. The second kappa shape index (κ2) is 13.1. The number of hydrogen-bond donors (Lipinski definition) is 3. The fraction of sp³-hybridized carbons (Fsp3) is 0.941. The summed E-state index contributed by atoms with van der Waals surface area (Å²) in [5, 5.41) is 16.5. The Kier molecular flexibility index (Phi) is 12.0. The topological polar surface area (TPSA) is 75.1 Å². The van der Waals surface area contributed by atoms with Crippen LogP contribution in [0.5, 0.6) is 0 Å². The van der Waals surface area contributed by atoms with Crippen LogP contribution in [0.2, 0.25) is 0 Å². The number of guanidine groups is 1. The van der Waals surface area contributed by atoms with Gasteiger partial charge in [-0.1, -0.05) is 6.42 Å². The number of halogens is 1. The van der Waals surface area contributed by atoms with E-state index in [1.165, 1.54) is 0 Å². The van der Waals surface area contributed by atoms with E-state index >= 15 is 0 Å². The van der Waals surface area contributed by atoms with Gasteiger partial charge in [0.1, 0.15) is 0 Å². The average molecular weight is 455 g/mol. The second-order valence-corrected chi connectivity index (χ2v) is 6.56. The molecular formula is C17H34IN3O3. The standard InChI is InChI=1S/C17H33N3O3.HI/c1-2-18-17(20-11-15-5-3-6-16(15)21)19-8-4-9-22-12-14-7-10-23-13-14;/h14-16,21H,2-13H2,1H3,(H2,18,19,20);1H. The Morgan fingerprint density at radius 1 is 1.29 bits per heavy atom. The van der Waals surface area contributed by atoms with Crippen LogP contribution in [0.4, 0.5) is 0 Å². The summed E-state index contributed by atoms with van der Waals surface area (Å²) < 4.78 is 11.0. The minimum atomic E-state index is -0.172. The monoisotopic (exact) mass is 455 g/mol. The summed E-state index contributed by atoms with van der Waals surface area (Å²) in [5.74, 6) is 1.75. The number of nitrogens with zero attached hydrogens (tertiary/aromatic N) is 1. The summed E-state index contributed by atoms with van der Waals surface area (Å²) in [7, 11) is 0. The highest BCUT2D eigenvalue weighted by atomic mass is 127. The lowest BCUT2D eigenvalue weighted by Crippen LogP contribution is -2.38. The summed E-state index contributed by atoms with van der Waals surface area (Å²) >= 11 is 0. The van der Waals surface area contributed by atoms with Crippen molar-refractivity contribution in [3.8, 4) is 0 Å². The Labute approximate surface area is 163 Å². The van der Waals surface area contributed by atoms with Gasteiger partial charge in [0.25, 0.3) is 0 Å². The molecule has 0 aromatic heterocycles. The minimum Gasteiger partial charge on any atom is -0.393 e. The molecule has 142 valence electrons. The molecular weight excluding hydrogens is 421 g/mol. The van der Waals surface area contributed by atoms with Crippen molar-refractivity contribution in [1.29, 1.82) is 0 Å². The molecule has 0 aromatic carbocycles. The highest BCUT2D eigenvalue weighted by Crippen LogP contribution is 2.25. The lowest BCUT2D eigenvalue weighted by molar-refractivity contribution is 0.0888. The summed E-state index contributed by atoms with van der Waals surface area (Å²) in [6.45, 7) is 7.77. The first kappa shape index (κ1) is 21.9. The summed E-state index contributed by atoms with van der Waals surface area (Å²) in [6.07, 6.45) is 5.05. The van der Waals surface area contributed by atoms with Crippen molar-refractivity contribution in [3.63, 3.8) is 0 Å². The third-order valence-corrected chi connectivity index (χ3v) is 4.58. The van der Waals surface area contributed by atoms with Gasteiger partial charge in [-0.15, -0.1) is 24.0 Å². The lowest BCUT2D eigenvalue weighted by atomic mass is 10.1. The average Bonchev–Trinajstić information content (AvgIpc) is 3.20. The Hall–Kier alpha value is -0.120.